The fourth-order valence-electron chi connectivity index (χ4n) is 19.3. The molecule has 552 valence electrons. The fourth-order valence-corrected chi connectivity index (χ4v) is 29.5. The summed E-state index contributed by atoms with van der Waals surface area (Å²) in [6.45, 7) is 9.13. The van der Waals surface area contributed by atoms with Gasteiger partial charge in [0.25, 0.3) is 0 Å². The van der Waals surface area contributed by atoms with Crippen LogP contribution in [0.5, 0.6) is 0 Å². The van der Waals surface area contributed by atoms with Gasteiger partial charge in [-0.05, 0) is 102 Å². The third-order valence-electron chi connectivity index (χ3n) is 24.5. The number of hydrogen-bond donors (Lipinski definition) is 0. The van der Waals surface area contributed by atoms with Crippen molar-refractivity contribution in [2.45, 2.75) is 39.5 Å². The first kappa shape index (κ1) is 70.7. The molecule has 0 atom stereocenters. The molecule has 0 unspecified atom stereocenters. The number of anilines is 6. The van der Waals surface area contributed by atoms with Gasteiger partial charge in [0.15, 0.2) is 13.7 Å². The Labute approximate surface area is 676 Å². The number of furan rings is 2. The summed E-state index contributed by atoms with van der Waals surface area (Å²) in [6, 6.07) is 146. The Kier molecular flexibility index (Phi) is 17.7. The van der Waals surface area contributed by atoms with E-state index in [0.29, 0.717) is 33.7 Å². The topological polar surface area (TPSA) is 80.3 Å². The number of para-hydroxylation sites is 4. The zero-order valence-corrected chi connectivity index (χ0v) is 66.9. The summed E-state index contributed by atoms with van der Waals surface area (Å²) in [5, 5.41) is 44.8. The molecule has 0 fully saturated rings. The van der Waals surface area contributed by atoms with Crippen molar-refractivity contribution in [2.24, 2.45) is 0 Å². The second kappa shape index (κ2) is 29.0. The number of nitriles is 2. The van der Waals surface area contributed by atoms with E-state index in [9.17, 15) is 10.5 Å². The average Bonchev–Trinajstić information content (AvgIpc) is 0.812. The zero-order chi connectivity index (χ0) is 78.2. The SMILES string of the molecule is CC(C)c1cc(N(c2ccc(-c3ccc([Si](c4ccccc4)(c4ccccc4)c4ccccc4)cc3)cc2C#N)c2cccc3c2oc2ccccc23)c2ccc3c(C(C)C)cc(N(c4ccc(-c5ccc([SiH-](c6ccccc6)(c6ccccc6)c6ccccc6)cc5)cc4C#N)c4cccc5c4oc4ccccc45)c4ccc1c2c34. The molecule has 0 saturated carbocycles. The van der Waals surface area contributed by atoms with Gasteiger partial charge in [-0.25, -0.2) is 0 Å². The molecule has 0 aliphatic carbocycles. The molecule has 2 heterocycles. The van der Waals surface area contributed by atoms with Crippen LogP contribution in [0.3, 0.4) is 0 Å². The molecule has 6 nitrogen and oxygen atoms in total. The number of nitrogens with zero attached hydrogens (tertiary/aromatic N) is 4. The molecule has 2 aromatic heterocycles. The monoisotopic (exact) mass is 1520 g/mol. The van der Waals surface area contributed by atoms with E-state index in [-0.39, 0.29) is 11.8 Å². The van der Waals surface area contributed by atoms with Crippen molar-refractivity contribution in [3.8, 4) is 34.4 Å². The van der Waals surface area contributed by atoms with Crippen LogP contribution >= 0.6 is 0 Å². The molecule has 116 heavy (non-hydrogen) atoms. The predicted octanol–water partition coefficient (Wildman–Crippen LogP) is 23.1. The smallest absolute Gasteiger partial charge is 0.0534 e. The first-order valence-electron chi connectivity index (χ1n) is 40.1. The van der Waals surface area contributed by atoms with Gasteiger partial charge in [0.05, 0.1) is 22.6 Å². The molecule has 0 aliphatic rings. The number of hydrogen-bond acceptors (Lipinski definition) is 6. The van der Waals surface area contributed by atoms with Crippen molar-refractivity contribution in [3.63, 3.8) is 0 Å². The Morgan fingerprint density at radius 2 is 0.586 bits per heavy atom. The minimum Gasteiger partial charge on any atom is -0.0534 e. The van der Waals surface area contributed by atoms with Crippen LogP contribution in [0.1, 0.15) is 61.8 Å². The quantitative estimate of drug-likeness (QED) is 0.0484. The molecule has 0 N–H and O–H groups in total. The predicted molar refractivity (Wildman–Crippen MR) is 491 cm³/mol. The van der Waals surface area contributed by atoms with E-state index in [4.69, 9.17) is 8.83 Å². The molecular formula is C108H79N4O2Si2-. The summed E-state index contributed by atoms with van der Waals surface area (Å²) in [7, 11) is -6.10. The average molecular weight is 1520 g/mol. The van der Waals surface area contributed by atoms with Crippen LogP contribution < -0.4 is 51.3 Å². The van der Waals surface area contributed by atoms with Crippen molar-refractivity contribution < 1.29 is 8.83 Å². The van der Waals surface area contributed by atoms with Crippen molar-refractivity contribution >= 4 is 168 Å². The number of benzene rings is 18. The molecule has 0 bridgehead atoms. The summed E-state index contributed by atoms with van der Waals surface area (Å²) >= 11 is 0. The molecule has 0 radical (unpaired) electrons. The molecule has 20 rings (SSSR count). The first-order valence-corrected chi connectivity index (χ1v) is 44.4. The van der Waals surface area contributed by atoms with Crippen molar-refractivity contribution in [1.82, 2.24) is 0 Å². The maximum atomic E-state index is 12.0. The van der Waals surface area contributed by atoms with Gasteiger partial charge in [-0.15, -0.1) is 0 Å². The minimum absolute atomic E-state index is 0.0520. The second-order valence-corrected chi connectivity index (χ2v) is 39.6. The number of fused-ring (bicyclic) bond motifs is 6. The Hall–Kier alpha value is -14.4. The van der Waals surface area contributed by atoms with Gasteiger partial charge in [0.2, 0.25) is 0 Å². The molecular weight excluding hydrogens is 1440 g/mol. The van der Waals surface area contributed by atoms with Crippen LogP contribution in [0.25, 0.3) is 98.4 Å². The van der Waals surface area contributed by atoms with Gasteiger partial charge < -0.3 is 9.32 Å². The van der Waals surface area contributed by atoms with E-state index >= 15 is 0 Å². The summed E-state index contributed by atoms with van der Waals surface area (Å²) in [6.07, 6.45) is 0. The molecule has 0 amide bonds. The van der Waals surface area contributed by atoms with Crippen molar-refractivity contribution in [3.05, 3.63) is 411 Å². The molecule has 0 spiro atoms. The van der Waals surface area contributed by atoms with Crippen molar-refractivity contribution in [2.75, 3.05) is 9.80 Å². The van der Waals surface area contributed by atoms with Gasteiger partial charge in [-0.3, -0.25) is 0 Å². The molecule has 0 aliphatic heterocycles. The summed E-state index contributed by atoms with van der Waals surface area (Å²) < 4.78 is 14.2. The van der Waals surface area contributed by atoms with Crippen LogP contribution in [0.4, 0.5) is 34.1 Å². The van der Waals surface area contributed by atoms with E-state index in [0.717, 1.165) is 121 Å². The maximum absolute atomic E-state index is 12.0. The van der Waals surface area contributed by atoms with Gasteiger partial charge in [-0.2, -0.15) is 5.26 Å². The van der Waals surface area contributed by atoms with Crippen LogP contribution in [0, 0.1) is 22.7 Å². The number of rotatable bonds is 18. The van der Waals surface area contributed by atoms with E-state index in [1.54, 1.807) is 0 Å². The standard InChI is InChI=1S/C108H79N4O2Si2/c1-71(2)95-67-101(111(99-45-27-43-91-87-41-23-25-47-103(87)113-107(91)99)97-63-53-75(65-77(97)69-109)73-49-55-85(56-50-73)115(79-29-11-5-12-30-79,80-31-13-6-14-32-80)81-33-15-7-16-34-81)93-62-60-90-96(72(3)4)68-102(94-61-59-89(95)105(93)106(90)94)112(100-46-28-44-92-88-42-24-26-48-104(88)114-108(92)100)98-64-54-76(66-78(98)70-110)74-51-57-86(58-52-74)116(82-35-17-8-18-36-82,83-37-19-9-20-38-83)84-39-21-10-22-40-84/h5-68,71-72,115H,1-4H3/q-1. The third-order valence-corrected chi connectivity index (χ3v) is 34.9. The molecule has 8 heteroatoms. The molecule has 18 aromatic carbocycles. The van der Waals surface area contributed by atoms with Crippen LogP contribution in [-0.2, 0) is 0 Å². The summed E-state index contributed by atoms with van der Waals surface area (Å²) in [5.41, 5.74) is 15.1. The Balaban J connectivity index is 0.785. The third kappa shape index (κ3) is 11.4. The van der Waals surface area contributed by atoms with E-state index in [1.165, 1.54) is 41.5 Å². The second-order valence-electron chi connectivity index (χ2n) is 31.4. The zero-order valence-electron chi connectivity index (χ0n) is 64.8. The van der Waals surface area contributed by atoms with Crippen LogP contribution in [0.2, 0.25) is 0 Å². The first-order chi connectivity index (χ1) is 57.1. The van der Waals surface area contributed by atoms with Crippen LogP contribution in [-0.4, -0.2) is 16.1 Å². The summed E-state index contributed by atoms with van der Waals surface area (Å²) in [5.74, 6) is 0.104. The van der Waals surface area contributed by atoms with Crippen LogP contribution in [0.15, 0.2) is 397 Å². The van der Waals surface area contributed by atoms with Gasteiger partial charge in [0, 0.05) is 21.5 Å². The van der Waals surface area contributed by atoms with E-state index in [2.05, 4.69) is 414 Å². The van der Waals surface area contributed by atoms with Gasteiger partial charge in [0.1, 0.15) is 17.2 Å². The fraction of sp³-hybridized carbons (Fsp3) is 0.0556. The minimum atomic E-state index is -3.27. The molecule has 20 aromatic rings. The van der Waals surface area contributed by atoms with E-state index < -0.39 is 16.1 Å². The van der Waals surface area contributed by atoms with Gasteiger partial charge >= 0.3 is 268 Å². The van der Waals surface area contributed by atoms with E-state index in [1.807, 2.05) is 24.3 Å². The summed E-state index contributed by atoms with van der Waals surface area (Å²) in [4.78, 5) is 4.60. The Morgan fingerprint density at radius 1 is 0.267 bits per heavy atom. The van der Waals surface area contributed by atoms with Gasteiger partial charge in [-0.1, -0.05) is 222 Å². The molecule has 0 saturated heterocycles. The Bertz CT molecular complexity index is 6590. The van der Waals surface area contributed by atoms with Crippen molar-refractivity contribution in [1.29, 1.82) is 10.5 Å². The Morgan fingerprint density at radius 3 is 0.966 bits per heavy atom. The normalized spacial score (nSPS) is 12.1.